The number of azide groups is 1. The Hall–Kier alpha value is -4.46. The van der Waals surface area contributed by atoms with E-state index in [0.717, 1.165) is 0 Å². The molecule has 15 heteroatoms. The predicted octanol–water partition coefficient (Wildman–Crippen LogP) is 5.53. The lowest BCUT2D eigenvalue weighted by Gasteiger charge is -2.14. The van der Waals surface area contributed by atoms with Crippen LogP contribution in [-0.4, -0.2) is 81.0 Å². The number of amides is 1. The number of carbonyl (C=O) groups excluding carboxylic acids is 1. The van der Waals surface area contributed by atoms with Gasteiger partial charge in [-0.1, -0.05) is 22.8 Å². The summed E-state index contributed by atoms with van der Waals surface area (Å²) in [7, 11) is 3.46. The molecule has 0 aliphatic heterocycles. The summed E-state index contributed by atoms with van der Waals surface area (Å²) in [4.78, 5) is 25.6. The van der Waals surface area contributed by atoms with Crippen LogP contribution in [0.2, 0.25) is 5.02 Å². The second-order valence-electron chi connectivity index (χ2n) is 8.92. The lowest BCUT2D eigenvalue weighted by atomic mass is 10.2. The van der Waals surface area contributed by atoms with Crippen molar-refractivity contribution in [2.75, 3.05) is 76.2 Å². The van der Waals surface area contributed by atoms with E-state index in [4.69, 9.17) is 31.3 Å². The zero-order valence-electron chi connectivity index (χ0n) is 23.8. The highest BCUT2D eigenvalue weighted by molar-refractivity contribution is 6.31. The lowest BCUT2D eigenvalue weighted by Crippen LogP contribution is -2.24. The van der Waals surface area contributed by atoms with Gasteiger partial charge in [-0.25, -0.2) is 14.4 Å². The van der Waals surface area contributed by atoms with Crippen molar-refractivity contribution < 1.29 is 23.4 Å². The molecule has 2 aromatic carbocycles. The third kappa shape index (κ3) is 12.1. The Bertz CT molecular complexity index is 1420. The van der Waals surface area contributed by atoms with E-state index in [-0.39, 0.29) is 10.9 Å². The summed E-state index contributed by atoms with van der Waals surface area (Å²) in [6.07, 6.45) is 4.60. The number of halogens is 2. The van der Waals surface area contributed by atoms with Crippen LogP contribution in [0, 0.1) is 5.82 Å². The molecule has 0 unspecified atom stereocenters. The third-order valence-corrected chi connectivity index (χ3v) is 5.95. The number of ether oxygens (including phenoxy) is 3. The molecule has 0 bridgehead atoms. The van der Waals surface area contributed by atoms with Gasteiger partial charge < -0.3 is 35.1 Å². The molecule has 1 heterocycles. The summed E-state index contributed by atoms with van der Waals surface area (Å²) in [6.45, 7) is 3.29. The molecule has 1 aromatic heterocycles. The molecule has 1 amide bonds. The summed E-state index contributed by atoms with van der Waals surface area (Å²) in [5.41, 5.74) is 9.88. The SMILES string of the molecule is COc1ccc(NC(=O)/C=C/CN(C)CCOCCOCCN=[N+]=[N-])cc1Nc1cc(Nc2ccc(F)c(Cl)c2)ncn1. The first-order chi connectivity index (χ1) is 20.9. The minimum absolute atomic E-state index is 0.00709. The van der Waals surface area contributed by atoms with Gasteiger partial charge in [0.1, 0.15) is 29.5 Å². The molecule has 13 nitrogen and oxygen atoms in total. The van der Waals surface area contributed by atoms with Crippen LogP contribution in [0.3, 0.4) is 0 Å². The molecule has 0 spiro atoms. The van der Waals surface area contributed by atoms with E-state index in [2.05, 4.69) is 35.9 Å². The highest BCUT2D eigenvalue weighted by Gasteiger charge is 2.09. The summed E-state index contributed by atoms with van der Waals surface area (Å²) in [5.74, 6) is 0.650. The van der Waals surface area contributed by atoms with E-state index in [9.17, 15) is 9.18 Å². The highest BCUT2D eigenvalue weighted by Crippen LogP contribution is 2.31. The molecule has 0 aliphatic carbocycles. The number of nitrogens with zero attached hydrogens (tertiary/aromatic N) is 6. The normalized spacial score (nSPS) is 10.9. The zero-order chi connectivity index (χ0) is 30.9. The van der Waals surface area contributed by atoms with Gasteiger partial charge in [-0.05, 0) is 49.0 Å². The van der Waals surface area contributed by atoms with Gasteiger partial charge in [0.25, 0.3) is 0 Å². The molecular weight excluding hydrogens is 581 g/mol. The third-order valence-electron chi connectivity index (χ3n) is 5.66. The van der Waals surface area contributed by atoms with Crippen LogP contribution in [0.15, 0.2) is 66.1 Å². The number of rotatable bonds is 18. The van der Waals surface area contributed by atoms with Crippen molar-refractivity contribution in [1.82, 2.24) is 14.9 Å². The Morgan fingerprint density at radius 3 is 2.56 bits per heavy atom. The van der Waals surface area contributed by atoms with E-state index < -0.39 is 5.82 Å². The Balaban J connectivity index is 1.47. The molecule has 0 fully saturated rings. The van der Waals surface area contributed by atoms with Gasteiger partial charge in [0.2, 0.25) is 5.91 Å². The van der Waals surface area contributed by atoms with Crippen LogP contribution in [0.4, 0.5) is 33.1 Å². The van der Waals surface area contributed by atoms with E-state index in [1.54, 1.807) is 36.4 Å². The van der Waals surface area contributed by atoms with Crippen molar-refractivity contribution >= 4 is 46.2 Å². The van der Waals surface area contributed by atoms with Gasteiger partial charge in [0.05, 0.1) is 44.2 Å². The minimum atomic E-state index is -0.513. The lowest BCUT2D eigenvalue weighted by molar-refractivity contribution is -0.111. The number of anilines is 5. The first kappa shape index (κ1) is 33.0. The fourth-order valence-electron chi connectivity index (χ4n) is 3.54. The molecule has 0 atom stereocenters. The second kappa shape index (κ2) is 18.2. The number of likely N-dealkylation sites (N-methyl/N-ethyl adjacent to an activating group) is 1. The summed E-state index contributed by atoms with van der Waals surface area (Å²) in [6, 6.07) is 11.1. The van der Waals surface area contributed by atoms with Crippen LogP contribution in [-0.2, 0) is 14.3 Å². The maximum atomic E-state index is 13.5. The molecule has 3 rings (SSSR count). The molecule has 3 N–H and O–H groups in total. The number of hydrogen-bond donors (Lipinski definition) is 3. The molecule has 43 heavy (non-hydrogen) atoms. The molecule has 228 valence electrons. The van der Waals surface area contributed by atoms with Gasteiger partial charge in [0.15, 0.2) is 0 Å². The maximum Gasteiger partial charge on any atom is 0.248 e. The van der Waals surface area contributed by atoms with Crippen molar-refractivity contribution in [3.63, 3.8) is 0 Å². The van der Waals surface area contributed by atoms with Crippen molar-refractivity contribution in [1.29, 1.82) is 0 Å². The number of benzene rings is 2. The average Bonchev–Trinajstić information content (AvgIpc) is 2.98. The van der Waals surface area contributed by atoms with Crippen molar-refractivity contribution in [3.8, 4) is 5.75 Å². The van der Waals surface area contributed by atoms with Crippen LogP contribution >= 0.6 is 11.6 Å². The van der Waals surface area contributed by atoms with Crippen molar-refractivity contribution in [2.24, 2.45) is 5.11 Å². The number of nitrogens with one attached hydrogen (secondary N) is 3. The molecule has 0 saturated carbocycles. The first-order valence-corrected chi connectivity index (χ1v) is 13.6. The summed E-state index contributed by atoms with van der Waals surface area (Å²) < 4.78 is 29.7. The summed E-state index contributed by atoms with van der Waals surface area (Å²) in [5, 5.41) is 12.4. The monoisotopic (exact) mass is 613 g/mol. The largest absolute Gasteiger partial charge is 0.495 e. The quantitative estimate of drug-likeness (QED) is 0.0551. The predicted molar refractivity (Wildman–Crippen MR) is 164 cm³/mol. The van der Waals surface area contributed by atoms with E-state index in [0.29, 0.717) is 80.5 Å². The number of hydrogen-bond acceptors (Lipinski definition) is 10. The molecule has 0 radical (unpaired) electrons. The molecular formula is C28H33ClFN9O4. The second-order valence-corrected chi connectivity index (χ2v) is 9.32. The smallest absolute Gasteiger partial charge is 0.248 e. The molecule has 0 saturated heterocycles. The van der Waals surface area contributed by atoms with E-state index in [1.807, 2.05) is 11.9 Å². The van der Waals surface area contributed by atoms with Crippen LogP contribution < -0.4 is 20.7 Å². The van der Waals surface area contributed by atoms with Gasteiger partial charge in [0, 0.05) is 48.1 Å². The minimum Gasteiger partial charge on any atom is -0.495 e. The highest BCUT2D eigenvalue weighted by atomic mass is 35.5. The topological polar surface area (TPSA) is 159 Å². The van der Waals surface area contributed by atoms with E-state index in [1.165, 1.54) is 31.6 Å². The number of methoxy groups -OCH3 is 1. The van der Waals surface area contributed by atoms with Crippen LogP contribution in [0.25, 0.3) is 10.4 Å². The first-order valence-electron chi connectivity index (χ1n) is 13.2. The maximum absolute atomic E-state index is 13.5. The van der Waals surface area contributed by atoms with Crippen LogP contribution in [0.1, 0.15) is 0 Å². The Morgan fingerprint density at radius 1 is 1.07 bits per heavy atom. The molecule has 0 aliphatic rings. The van der Waals surface area contributed by atoms with Crippen LogP contribution in [0.5, 0.6) is 5.75 Å². The zero-order valence-corrected chi connectivity index (χ0v) is 24.6. The van der Waals surface area contributed by atoms with Gasteiger partial charge >= 0.3 is 0 Å². The standard InChI is InChI=1S/C28H33ClFN9O4/c1-39(11-13-43-15-14-42-12-9-34-38-31)10-3-4-28(40)36-21-6-8-25(41-2)24(17-21)37-27-18-26(32-19-33-27)35-20-5-7-23(30)22(29)16-20/h3-8,16-19H,9-15H2,1-2H3,(H,36,40)(H2,32,33,35,37)/b4-3+. The fraction of sp³-hybridized carbons (Fsp3) is 0.321. The van der Waals surface area contributed by atoms with Gasteiger partial charge in [-0.3, -0.25) is 4.79 Å². The summed E-state index contributed by atoms with van der Waals surface area (Å²) >= 11 is 5.86. The van der Waals surface area contributed by atoms with Crippen molar-refractivity contribution in [2.45, 2.75) is 0 Å². The molecule has 3 aromatic rings. The Labute approximate surface area is 253 Å². The van der Waals surface area contributed by atoms with Gasteiger partial charge in [-0.15, -0.1) is 0 Å². The average molecular weight is 614 g/mol. The Kier molecular flexibility index (Phi) is 14.0. The van der Waals surface area contributed by atoms with Gasteiger partial charge in [-0.2, -0.15) is 0 Å². The van der Waals surface area contributed by atoms with Crippen molar-refractivity contribution in [3.05, 3.63) is 82.2 Å². The number of aromatic nitrogens is 2. The number of carbonyl (C=O) groups is 1. The Morgan fingerprint density at radius 2 is 1.81 bits per heavy atom. The fourth-order valence-corrected chi connectivity index (χ4v) is 3.73. The van der Waals surface area contributed by atoms with E-state index >= 15 is 0 Å².